The Labute approximate surface area is 166 Å². The van der Waals surface area contributed by atoms with Crippen molar-refractivity contribution in [2.24, 2.45) is 0 Å². The van der Waals surface area contributed by atoms with Gasteiger partial charge in [0, 0.05) is 22.8 Å². The molecule has 0 aliphatic carbocycles. The Bertz CT molecular complexity index is 941. The summed E-state index contributed by atoms with van der Waals surface area (Å²) in [6.45, 7) is 1.84. The average Bonchev–Trinajstić information content (AvgIpc) is 3.28. The molecule has 1 saturated heterocycles. The topological polar surface area (TPSA) is 73.9 Å². The molecule has 2 N–H and O–H groups in total. The highest BCUT2D eigenvalue weighted by atomic mass is 35.5. The minimum absolute atomic E-state index is 0.00556. The number of H-pyrrole nitrogens is 1. The Morgan fingerprint density at radius 1 is 1.33 bits per heavy atom. The third-order valence-electron chi connectivity index (χ3n) is 4.79. The number of aromatic nitrogens is 3. The number of nitrogens with one attached hydrogen (secondary N) is 2. The second-order valence-electron chi connectivity index (χ2n) is 6.64. The standard InChI is InChI=1S/C19H19Cl2N5O/c20-13-6-5-12(14(21)9-13)11-26-8-2-4-16(26)19(27)23-10-17-24-15-3-1-7-22-18(15)25-17/h1,3,5-7,9,16H,2,4,8,10-11H2,(H,23,27)(H,22,24,25). The van der Waals surface area contributed by atoms with Crippen molar-refractivity contribution in [2.45, 2.75) is 32.0 Å². The maximum absolute atomic E-state index is 12.7. The van der Waals surface area contributed by atoms with E-state index in [-0.39, 0.29) is 11.9 Å². The third kappa shape index (κ3) is 4.08. The normalized spacial score (nSPS) is 17.5. The molecule has 0 spiro atoms. The van der Waals surface area contributed by atoms with Crippen molar-refractivity contribution in [3.05, 3.63) is 58.0 Å². The Morgan fingerprint density at radius 2 is 2.22 bits per heavy atom. The summed E-state index contributed by atoms with van der Waals surface area (Å²) in [5.74, 6) is 0.702. The van der Waals surface area contributed by atoms with Gasteiger partial charge in [-0.15, -0.1) is 0 Å². The number of rotatable bonds is 5. The van der Waals surface area contributed by atoms with Crippen molar-refractivity contribution in [3.8, 4) is 0 Å². The molecule has 2 aromatic heterocycles. The Balaban J connectivity index is 1.39. The molecular formula is C19H19Cl2N5O. The molecule has 1 aliphatic rings. The molecule has 0 radical (unpaired) electrons. The first-order valence-corrected chi connectivity index (χ1v) is 9.61. The fourth-order valence-electron chi connectivity index (χ4n) is 3.45. The van der Waals surface area contributed by atoms with E-state index in [1.807, 2.05) is 24.3 Å². The van der Waals surface area contributed by atoms with Gasteiger partial charge in [-0.05, 0) is 49.2 Å². The molecular weight excluding hydrogens is 385 g/mol. The van der Waals surface area contributed by atoms with Crippen LogP contribution in [0.15, 0.2) is 36.5 Å². The summed E-state index contributed by atoms with van der Waals surface area (Å²) in [4.78, 5) is 26.6. The number of halogens is 2. The van der Waals surface area contributed by atoms with Crippen LogP contribution >= 0.6 is 23.2 Å². The van der Waals surface area contributed by atoms with Crippen LogP contribution in [0.2, 0.25) is 10.0 Å². The number of amides is 1. The van der Waals surface area contributed by atoms with Gasteiger partial charge in [-0.1, -0.05) is 29.3 Å². The molecule has 1 aliphatic heterocycles. The zero-order valence-electron chi connectivity index (χ0n) is 14.6. The number of benzene rings is 1. The summed E-state index contributed by atoms with van der Waals surface area (Å²) in [5, 5.41) is 4.22. The first-order chi connectivity index (χ1) is 13.1. The average molecular weight is 404 g/mol. The van der Waals surface area contributed by atoms with Gasteiger partial charge < -0.3 is 10.3 Å². The molecule has 1 amide bonds. The molecule has 3 heterocycles. The van der Waals surface area contributed by atoms with Gasteiger partial charge in [-0.25, -0.2) is 9.97 Å². The van der Waals surface area contributed by atoms with Crippen LogP contribution in [0.1, 0.15) is 24.2 Å². The maximum Gasteiger partial charge on any atom is 0.237 e. The van der Waals surface area contributed by atoms with Crippen molar-refractivity contribution in [3.63, 3.8) is 0 Å². The number of fused-ring (bicyclic) bond motifs is 1. The van der Waals surface area contributed by atoms with E-state index in [1.54, 1.807) is 12.3 Å². The number of pyridine rings is 1. The van der Waals surface area contributed by atoms with Crippen LogP contribution in [-0.4, -0.2) is 38.3 Å². The number of aromatic amines is 1. The van der Waals surface area contributed by atoms with Crippen LogP contribution in [0.3, 0.4) is 0 Å². The van der Waals surface area contributed by atoms with E-state index < -0.39 is 0 Å². The second-order valence-corrected chi connectivity index (χ2v) is 7.48. The fraction of sp³-hybridized carbons (Fsp3) is 0.316. The Kier molecular flexibility index (Phi) is 5.29. The van der Waals surface area contributed by atoms with E-state index in [9.17, 15) is 4.79 Å². The second kappa shape index (κ2) is 7.84. The number of likely N-dealkylation sites (tertiary alicyclic amines) is 1. The first kappa shape index (κ1) is 18.2. The zero-order chi connectivity index (χ0) is 18.8. The summed E-state index contributed by atoms with van der Waals surface area (Å²) in [7, 11) is 0. The molecule has 1 atom stereocenters. The molecule has 0 bridgehead atoms. The van der Waals surface area contributed by atoms with Crippen molar-refractivity contribution in [1.82, 2.24) is 25.2 Å². The van der Waals surface area contributed by atoms with Crippen LogP contribution in [0.5, 0.6) is 0 Å². The van der Waals surface area contributed by atoms with Crippen LogP contribution in [0, 0.1) is 0 Å². The van der Waals surface area contributed by atoms with E-state index in [1.165, 1.54) is 0 Å². The molecule has 4 rings (SSSR count). The summed E-state index contributed by atoms with van der Waals surface area (Å²) >= 11 is 12.3. The molecule has 1 aromatic carbocycles. The van der Waals surface area contributed by atoms with Gasteiger partial charge in [-0.3, -0.25) is 9.69 Å². The third-order valence-corrected chi connectivity index (χ3v) is 5.38. The van der Waals surface area contributed by atoms with E-state index in [2.05, 4.69) is 25.2 Å². The van der Waals surface area contributed by atoms with E-state index in [0.29, 0.717) is 34.6 Å². The first-order valence-electron chi connectivity index (χ1n) is 8.85. The molecule has 8 heteroatoms. The molecule has 1 unspecified atom stereocenters. The highest BCUT2D eigenvalue weighted by Gasteiger charge is 2.30. The van der Waals surface area contributed by atoms with Gasteiger partial charge in [0.05, 0.1) is 18.1 Å². The molecule has 140 valence electrons. The molecule has 3 aromatic rings. The quantitative estimate of drug-likeness (QED) is 0.682. The zero-order valence-corrected chi connectivity index (χ0v) is 16.1. The van der Waals surface area contributed by atoms with E-state index >= 15 is 0 Å². The highest BCUT2D eigenvalue weighted by Crippen LogP contribution is 2.26. The highest BCUT2D eigenvalue weighted by molar-refractivity contribution is 6.35. The molecule has 27 heavy (non-hydrogen) atoms. The summed E-state index contributed by atoms with van der Waals surface area (Å²) in [6, 6.07) is 9.07. The van der Waals surface area contributed by atoms with Crippen LogP contribution < -0.4 is 5.32 Å². The van der Waals surface area contributed by atoms with Crippen molar-refractivity contribution in [1.29, 1.82) is 0 Å². The lowest BCUT2D eigenvalue weighted by Gasteiger charge is -2.24. The minimum atomic E-state index is -0.167. The number of imidazole rings is 1. The number of carbonyl (C=O) groups excluding carboxylic acids is 1. The Morgan fingerprint density at radius 3 is 3.04 bits per heavy atom. The monoisotopic (exact) mass is 403 g/mol. The van der Waals surface area contributed by atoms with Gasteiger partial charge >= 0.3 is 0 Å². The summed E-state index contributed by atoms with van der Waals surface area (Å²) in [6.07, 6.45) is 3.51. The number of hydrogen-bond donors (Lipinski definition) is 2. The van der Waals surface area contributed by atoms with Crippen LogP contribution in [0.25, 0.3) is 11.2 Å². The number of hydrogen-bond acceptors (Lipinski definition) is 4. The number of carbonyl (C=O) groups is 1. The summed E-state index contributed by atoms with van der Waals surface area (Å²) in [5.41, 5.74) is 2.49. The van der Waals surface area contributed by atoms with Crippen molar-refractivity contribution < 1.29 is 4.79 Å². The van der Waals surface area contributed by atoms with Crippen molar-refractivity contribution in [2.75, 3.05) is 6.54 Å². The van der Waals surface area contributed by atoms with E-state index in [4.69, 9.17) is 23.2 Å². The van der Waals surface area contributed by atoms with Gasteiger partial charge in [0.2, 0.25) is 5.91 Å². The lowest BCUT2D eigenvalue weighted by atomic mass is 10.1. The van der Waals surface area contributed by atoms with Crippen LogP contribution in [0.4, 0.5) is 0 Å². The fourth-order valence-corrected chi connectivity index (χ4v) is 3.92. The van der Waals surface area contributed by atoms with E-state index in [0.717, 1.165) is 30.5 Å². The minimum Gasteiger partial charge on any atom is -0.348 e. The van der Waals surface area contributed by atoms with Gasteiger partial charge in [0.1, 0.15) is 5.82 Å². The summed E-state index contributed by atoms with van der Waals surface area (Å²) < 4.78 is 0. The largest absolute Gasteiger partial charge is 0.348 e. The smallest absolute Gasteiger partial charge is 0.237 e. The van der Waals surface area contributed by atoms with Crippen molar-refractivity contribution >= 4 is 40.3 Å². The molecule has 0 saturated carbocycles. The van der Waals surface area contributed by atoms with Gasteiger partial charge in [0.15, 0.2) is 5.65 Å². The predicted molar refractivity (Wildman–Crippen MR) is 106 cm³/mol. The number of nitrogens with zero attached hydrogens (tertiary/aromatic N) is 3. The van der Waals surface area contributed by atoms with Gasteiger partial charge in [-0.2, -0.15) is 0 Å². The molecule has 1 fully saturated rings. The maximum atomic E-state index is 12.7. The molecule has 6 nitrogen and oxygen atoms in total. The van der Waals surface area contributed by atoms with Crippen LogP contribution in [-0.2, 0) is 17.9 Å². The predicted octanol–water partition coefficient (Wildman–Crippen LogP) is 3.55. The SMILES string of the molecule is O=C(NCc1nc2ncccc2[nH]1)C1CCCN1Cc1ccc(Cl)cc1Cl. The lowest BCUT2D eigenvalue weighted by molar-refractivity contribution is -0.125. The lowest BCUT2D eigenvalue weighted by Crippen LogP contribution is -2.42. The van der Waals surface area contributed by atoms with Gasteiger partial charge in [0.25, 0.3) is 0 Å². The Hall–Kier alpha value is -2.15.